The van der Waals surface area contributed by atoms with E-state index in [0.29, 0.717) is 58.5 Å². The summed E-state index contributed by atoms with van der Waals surface area (Å²) in [5, 5.41) is 2.72. The van der Waals surface area contributed by atoms with Crippen molar-refractivity contribution in [2.75, 3.05) is 62.2 Å². The van der Waals surface area contributed by atoms with E-state index in [9.17, 15) is 23.2 Å². The summed E-state index contributed by atoms with van der Waals surface area (Å²) in [6.07, 6.45) is -0.232. The van der Waals surface area contributed by atoms with Crippen LogP contribution >= 0.6 is 0 Å². The van der Waals surface area contributed by atoms with E-state index in [2.05, 4.69) is 30.2 Å². The number of nitrogens with one attached hydrogen (secondary N) is 1. The molecule has 39 heavy (non-hydrogen) atoms. The van der Waals surface area contributed by atoms with Crippen molar-refractivity contribution in [2.45, 2.75) is 32.6 Å². The Labute approximate surface area is 223 Å². The van der Waals surface area contributed by atoms with Crippen LogP contribution in [0.4, 0.5) is 26.6 Å². The van der Waals surface area contributed by atoms with Gasteiger partial charge in [-0.3, -0.25) is 14.4 Å². The molecule has 4 heterocycles. The molecule has 0 spiro atoms. The van der Waals surface area contributed by atoms with Crippen LogP contribution in [0.25, 0.3) is 11.4 Å². The molecular formula is C23H31F2N11O3. The van der Waals surface area contributed by atoms with Crippen molar-refractivity contribution in [1.82, 2.24) is 40.0 Å². The Morgan fingerprint density at radius 2 is 1.62 bits per heavy atom. The number of rotatable bonds is 7. The van der Waals surface area contributed by atoms with E-state index in [1.165, 1.54) is 0 Å². The highest BCUT2D eigenvalue weighted by Gasteiger charge is 2.29. The van der Waals surface area contributed by atoms with Crippen LogP contribution in [0.5, 0.6) is 0 Å². The molecule has 2 fully saturated rings. The lowest BCUT2D eigenvalue weighted by molar-refractivity contribution is -0.136. The topological polar surface area (TPSA) is 189 Å². The maximum Gasteiger partial charge on any atom is 0.281 e. The van der Waals surface area contributed by atoms with Gasteiger partial charge in [0.15, 0.2) is 5.82 Å². The third-order valence-corrected chi connectivity index (χ3v) is 6.78. The fourth-order valence-electron chi connectivity index (χ4n) is 4.58. The lowest BCUT2D eigenvalue weighted by atomic mass is 9.95. The number of aromatic nitrogens is 5. The monoisotopic (exact) mass is 547 g/mol. The van der Waals surface area contributed by atoms with Gasteiger partial charge in [-0.2, -0.15) is 15.0 Å². The number of anilines is 3. The number of halogens is 2. The number of likely N-dealkylation sites (tertiary alicyclic amines) is 1. The van der Waals surface area contributed by atoms with E-state index in [1.807, 2.05) is 6.92 Å². The van der Waals surface area contributed by atoms with Gasteiger partial charge in [-0.1, -0.05) is 6.92 Å². The second-order valence-corrected chi connectivity index (χ2v) is 9.24. The number of amides is 3. The number of nitrogens with two attached hydrogens (primary N) is 2. The van der Waals surface area contributed by atoms with Crippen molar-refractivity contribution in [3.8, 4) is 11.4 Å². The highest BCUT2D eigenvalue weighted by molar-refractivity contribution is 5.86. The number of alkyl halides is 2. The molecule has 0 aromatic carbocycles. The third-order valence-electron chi connectivity index (χ3n) is 6.78. The molecule has 2 aliphatic heterocycles. The van der Waals surface area contributed by atoms with Crippen LogP contribution in [-0.2, 0) is 14.4 Å². The summed E-state index contributed by atoms with van der Waals surface area (Å²) in [5.41, 5.74) is 10.5. The summed E-state index contributed by atoms with van der Waals surface area (Å²) in [5.74, 6) is -0.971. The zero-order valence-corrected chi connectivity index (χ0v) is 21.5. The van der Waals surface area contributed by atoms with Gasteiger partial charge in [-0.25, -0.2) is 18.7 Å². The number of hydrogen-bond donors (Lipinski definition) is 3. The average molecular weight is 548 g/mol. The number of carbonyl (C=O) groups is 3. The molecule has 0 saturated carbocycles. The first kappa shape index (κ1) is 27.8. The number of carbonyl (C=O) groups excluding carboxylic acids is 3. The molecule has 0 radical (unpaired) electrons. The lowest BCUT2D eigenvalue weighted by Crippen LogP contribution is -2.52. The molecule has 210 valence electrons. The highest BCUT2D eigenvalue weighted by atomic mass is 19.3. The standard InChI is InChI=1S/C23H31F2N11O3/c1-2-15(37)34-5-3-13(4-6-34)20(39)28-12-16(38)35-7-9-36(10-8-35)23-32-19(31-22(27)33-23)14-11-29-21(26)30-17(14)18(24)25/h11,13,18H,2-10,12H2,1H3,(H,28,39)(H2,26,29,30)(H2,27,31,32,33). The summed E-state index contributed by atoms with van der Waals surface area (Å²) >= 11 is 0. The summed E-state index contributed by atoms with van der Waals surface area (Å²) in [6.45, 7) is 4.15. The van der Waals surface area contributed by atoms with Crippen LogP contribution in [0.15, 0.2) is 6.20 Å². The SMILES string of the molecule is CCC(=O)N1CCC(C(=O)NCC(=O)N2CCN(c3nc(N)nc(-c4cnc(N)nc4C(F)F)n3)CC2)CC1. The maximum atomic E-state index is 13.5. The summed E-state index contributed by atoms with van der Waals surface area (Å²) < 4.78 is 27.0. The Morgan fingerprint density at radius 3 is 2.26 bits per heavy atom. The minimum absolute atomic E-state index is 0.0800. The average Bonchev–Trinajstić information content (AvgIpc) is 2.95. The molecule has 3 amide bonds. The molecule has 2 aromatic rings. The van der Waals surface area contributed by atoms with Crippen LogP contribution in [0.3, 0.4) is 0 Å². The molecule has 0 aliphatic carbocycles. The zero-order chi connectivity index (χ0) is 28.1. The van der Waals surface area contributed by atoms with Gasteiger partial charge in [0.1, 0.15) is 5.69 Å². The van der Waals surface area contributed by atoms with Crippen molar-refractivity contribution < 1.29 is 23.2 Å². The Morgan fingerprint density at radius 1 is 0.949 bits per heavy atom. The second-order valence-electron chi connectivity index (χ2n) is 9.24. The number of piperazine rings is 1. The van der Waals surface area contributed by atoms with Gasteiger partial charge in [-0.05, 0) is 12.8 Å². The van der Waals surface area contributed by atoms with Crippen molar-refractivity contribution in [3.05, 3.63) is 11.9 Å². The predicted molar refractivity (Wildman–Crippen MR) is 136 cm³/mol. The predicted octanol–water partition coefficient (Wildman–Crippen LogP) is -0.156. The normalized spacial score (nSPS) is 16.5. The number of hydrogen-bond acceptors (Lipinski definition) is 11. The Kier molecular flexibility index (Phi) is 8.61. The van der Waals surface area contributed by atoms with E-state index in [0.717, 1.165) is 6.20 Å². The van der Waals surface area contributed by atoms with Crippen LogP contribution in [0.1, 0.15) is 38.3 Å². The van der Waals surface area contributed by atoms with Crippen LogP contribution < -0.4 is 21.7 Å². The van der Waals surface area contributed by atoms with Gasteiger partial charge in [0, 0.05) is 57.8 Å². The van der Waals surface area contributed by atoms with Gasteiger partial charge < -0.3 is 31.5 Å². The third kappa shape index (κ3) is 6.61. The second kappa shape index (κ2) is 12.1. The molecule has 2 saturated heterocycles. The minimum atomic E-state index is -2.93. The number of nitrogen functional groups attached to an aromatic ring is 2. The molecule has 4 rings (SSSR count). The Bertz CT molecular complexity index is 1220. The summed E-state index contributed by atoms with van der Waals surface area (Å²) in [4.78, 5) is 61.9. The molecule has 0 unspecified atom stereocenters. The molecular weight excluding hydrogens is 516 g/mol. The minimum Gasteiger partial charge on any atom is -0.368 e. The van der Waals surface area contributed by atoms with E-state index in [1.54, 1.807) is 14.7 Å². The summed E-state index contributed by atoms with van der Waals surface area (Å²) in [6, 6.07) is 0. The maximum absolute atomic E-state index is 13.5. The van der Waals surface area contributed by atoms with Gasteiger partial charge in [0.05, 0.1) is 12.1 Å². The zero-order valence-electron chi connectivity index (χ0n) is 21.5. The molecule has 2 aliphatic rings. The highest BCUT2D eigenvalue weighted by Crippen LogP contribution is 2.28. The van der Waals surface area contributed by atoms with Crippen LogP contribution in [0.2, 0.25) is 0 Å². The molecule has 14 nitrogen and oxygen atoms in total. The van der Waals surface area contributed by atoms with Gasteiger partial charge >= 0.3 is 0 Å². The van der Waals surface area contributed by atoms with E-state index in [4.69, 9.17) is 11.5 Å². The largest absolute Gasteiger partial charge is 0.368 e. The Hall–Kier alpha value is -4.24. The molecule has 0 atom stereocenters. The van der Waals surface area contributed by atoms with Crippen molar-refractivity contribution in [1.29, 1.82) is 0 Å². The molecule has 5 N–H and O–H groups in total. The smallest absolute Gasteiger partial charge is 0.281 e. The van der Waals surface area contributed by atoms with E-state index < -0.39 is 12.1 Å². The van der Waals surface area contributed by atoms with Gasteiger partial charge in [0.25, 0.3) is 6.43 Å². The van der Waals surface area contributed by atoms with Crippen molar-refractivity contribution in [2.24, 2.45) is 5.92 Å². The first-order valence-electron chi connectivity index (χ1n) is 12.7. The fraction of sp³-hybridized carbons (Fsp3) is 0.565. The molecule has 16 heteroatoms. The quantitative estimate of drug-likeness (QED) is 0.418. The van der Waals surface area contributed by atoms with Gasteiger partial charge in [0.2, 0.25) is 35.6 Å². The number of piperidine rings is 1. The van der Waals surface area contributed by atoms with Gasteiger partial charge in [-0.15, -0.1) is 0 Å². The Balaban J connectivity index is 1.31. The molecule has 0 bridgehead atoms. The van der Waals surface area contributed by atoms with Crippen molar-refractivity contribution >= 4 is 35.6 Å². The van der Waals surface area contributed by atoms with Crippen LogP contribution in [-0.4, -0.2) is 98.3 Å². The number of nitrogens with zero attached hydrogens (tertiary/aromatic N) is 8. The fourth-order valence-corrected chi connectivity index (χ4v) is 4.58. The summed E-state index contributed by atoms with van der Waals surface area (Å²) in [7, 11) is 0. The van der Waals surface area contributed by atoms with E-state index in [-0.39, 0.29) is 59.4 Å². The first-order valence-corrected chi connectivity index (χ1v) is 12.7. The lowest BCUT2D eigenvalue weighted by Gasteiger charge is -2.35. The van der Waals surface area contributed by atoms with E-state index >= 15 is 0 Å². The van der Waals surface area contributed by atoms with Crippen LogP contribution in [0, 0.1) is 5.92 Å². The first-order chi connectivity index (χ1) is 18.7. The molecule has 2 aromatic heterocycles. The van der Waals surface area contributed by atoms with Crippen molar-refractivity contribution in [3.63, 3.8) is 0 Å².